The van der Waals surface area contributed by atoms with Crippen molar-refractivity contribution in [2.24, 2.45) is 5.73 Å². The number of esters is 1. The largest absolute Gasteiger partial charge is 0.452 e. The Morgan fingerprint density at radius 3 is 2.14 bits per heavy atom. The number of hydrogen-bond donors (Lipinski definition) is 1. The lowest BCUT2D eigenvalue weighted by Crippen LogP contribution is -2.30. The summed E-state index contributed by atoms with van der Waals surface area (Å²) in [6.07, 6.45) is -0.784. The zero-order valence-corrected chi connectivity index (χ0v) is 11.8. The molecule has 4 heteroatoms. The molecule has 0 aromatic heterocycles. The lowest BCUT2D eigenvalue weighted by Gasteiger charge is -2.09. The molecule has 0 aliphatic carbocycles. The van der Waals surface area contributed by atoms with E-state index in [9.17, 15) is 9.59 Å². The molecule has 2 aromatic rings. The van der Waals surface area contributed by atoms with Gasteiger partial charge in [0, 0.05) is 0 Å². The molecule has 1 amide bonds. The fourth-order valence-electron chi connectivity index (χ4n) is 1.91. The predicted octanol–water partition coefficient (Wildman–Crippen LogP) is 2.31. The quantitative estimate of drug-likeness (QED) is 0.856. The van der Waals surface area contributed by atoms with Crippen molar-refractivity contribution in [1.29, 1.82) is 0 Å². The van der Waals surface area contributed by atoms with E-state index in [0.717, 1.165) is 16.7 Å². The molecule has 0 bridgehead atoms. The molecule has 0 heterocycles. The third-order valence-corrected chi connectivity index (χ3v) is 3.12. The van der Waals surface area contributed by atoms with Gasteiger partial charge in [0.2, 0.25) is 0 Å². The maximum atomic E-state index is 11.7. The monoisotopic (exact) mass is 283 g/mol. The van der Waals surface area contributed by atoms with Gasteiger partial charge in [0.25, 0.3) is 5.91 Å². The van der Waals surface area contributed by atoms with E-state index in [1.807, 2.05) is 54.6 Å². The maximum absolute atomic E-state index is 11.7. The summed E-state index contributed by atoms with van der Waals surface area (Å²) in [6, 6.07) is 17.6. The molecule has 0 aliphatic heterocycles. The maximum Gasteiger partial charge on any atom is 0.311 e. The number of ether oxygens (including phenoxy) is 1. The van der Waals surface area contributed by atoms with E-state index in [0.29, 0.717) is 0 Å². The van der Waals surface area contributed by atoms with Crippen molar-refractivity contribution < 1.29 is 14.3 Å². The predicted molar refractivity (Wildman–Crippen MR) is 80.3 cm³/mol. The van der Waals surface area contributed by atoms with Crippen LogP contribution in [0.1, 0.15) is 12.5 Å². The minimum atomic E-state index is -0.902. The molecule has 0 unspecified atom stereocenters. The molecule has 0 aliphatic rings. The van der Waals surface area contributed by atoms with Crippen LogP contribution in [0.15, 0.2) is 54.6 Å². The minimum Gasteiger partial charge on any atom is -0.452 e. The number of hydrogen-bond acceptors (Lipinski definition) is 3. The molecule has 0 fully saturated rings. The standard InChI is InChI=1S/C17H17NO3/c1-12(17(18)20)21-16(19)11-13-7-9-15(10-8-13)14-5-3-2-4-6-14/h2-10,12H,11H2,1H3,(H2,18,20)/t12-/m0/s1. The van der Waals surface area contributed by atoms with E-state index in [1.54, 1.807) is 0 Å². The summed E-state index contributed by atoms with van der Waals surface area (Å²) < 4.78 is 4.92. The molecule has 2 rings (SSSR count). The molecule has 2 aromatic carbocycles. The van der Waals surface area contributed by atoms with Gasteiger partial charge in [-0.2, -0.15) is 0 Å². The second kappa shape index (κ2) is 6.70. The average molecular weight is 283 g/mol. The Morgan fingerprint density at radius 1 is 1.00 bits per heavy atom. The summed E-state index contributed by atoms with van der Waals surface area (Å²) in [6.45, 7) is 1.46. The van der Waals surface area contributed by atoms with Crippen LogP contribution in [-0.4, -0.2) is 18.0 Å². The zero-order chi connectivity index (χ0) is 15.2. The second-order valence-corrected chi connectivity index (χ2v) is 4.77. The van der Waals surface area contributed by atoms with Gasteiger partial charge in [0.1, 0.15) is 0 Å². The molecular formula is C17H17NO3. The summed E-state index contributed by atoms with van der Waals surface area (Å²) in [4.78, 5) is 22.5. The fraction of sp³-hybridized carbons (Fsp3) is 0.176. The molecule has 0 radical (unpaired) electrons. The lowest BCUT2D eigenvalue weighted by atomic mass is 10.0. The first-order chi connectivity index (χ1) is 10.1. The highest BCUT2D eigenvalue weighted by molar-refractivity contribution is 5.82. The van der Waals surface area contributed by atoms with Crippen LogP contribution in [0.3, 0.4) is 0 Å². The number of nitrogens with two attached hydrogens (primary N) is 1. The Kier molecular flexibility index (Phi) is 4.72. The molecule has 21 heavy (non-hydrogen) atoms. The van der Waals surface area contributed by atoms with Crippen LogP contribution in [0.2, 0.25) is 0 Å². The third kappa shape index (κ3) is 4.18. The number of carbonyl (C=O) groups is 2. The number of primary amides is 1. The zero-order valence-electron chi connectivity index (χ0n) is 11.8. The van der Waals surface area contributed by atoms with E-state index in [1.165, 1.54) is 6.92 Å². The topological polar surface area (TPSA) is 69.4 Å². The molecule has 0 spiro atoms. The Bertz CT molecular complexity index is 620. The second-order valence-electron chi connectivity index (χ2n) is 4.77. The van der Waals surface area contributed by atoms with Gasteiger partial charge in [-0.3, -0.25) is 9.59 Å². The van der Waals surface area contributed by atoms with Crippen molar-refractivity contribution in [3.63, 3.8) is 0 Å². The minimum absolute atomic E-state index is 0.118. The van der Waals surface area contributed by atoms with Crippen molar-refractivity contribution in [3.05, 3.63) is 60.2 Å². The molecule has 4 nitrogen and oxygen atoms in total. The van der Waals surface area contributed by atoms with Gasteiger partial charge in [-0.25, -0.2) is 0 Å². The van der Waals surface area contributed by atoms with Crippen LogP contribution >= 0.6 is 0 Å². The number of amides is 1. The van der Waals surface area contributed by atoms with Crippen molar-refractivity contribution in [3.8, 4) is 11.1 Å². The first kappa shape index (κ1) is 14.8. The van der Waals surface area contributed by atoms with Gasteiger partial charge in [0.05, 0.1) is 6.42 Å². The normalized spacial score (nSPS) is 11.7. The van der Waals surface area contributed by atoms with Crippen LogP contribution in [0.5, 0.6) is 0 Å². The average Bonchev–Trinajstić information content (AvgIpc) is 2.48. The van der Waals surface area contributed by atoms with Gasteiger partial charge in [0.15, 0.2) is 6.10 Å². The molecule has 1 atom stereocenters. The van der Waals surface area contributed by atoms with E-state index < -0.39 is 18.0 Å². The van der Waals surface area contributed by atoms with Crippen LogP contribution in [0.4, 0.5) is 0 Å². The van der Waals surface area contributed by atoms with Gasteiger partial charge >= 0.3 is 5.97 Å². The Balaban J connectivity index is 2.00. The summed E-state index contributed by atoms with van der Waals surface area (Å²) in [5.41, 5.74) is 8.08. The van der Waals surface area contributed by atoms with Crippen molar-refractivity contribution in [2.45, 2.75) is 19.4 Å². The van der Waals surface area contributed by atoms with Crippen molar-refractivity contribution in [1.82, 2.24) is 0 Å². The Labute approximate surface area is 123 Å². The third-order valence-electron chi connectivity index (χ3n) is 3.12. The van der Waals surface area contributed by atoms with Gasteiger partial charge in [-0.1, -0.05) is 54.6 Å². The van der Waals surface area contributed by atoms with Crippen molar-refractivity contribution >= 4 is 11.9 Å². The first-order valence-electron chi connectivity index (χ1n) is 6.69. The van der Waals surface area contributed by atoms with E-state index in [-0.39, 0.29) is 6.42 Å². The molecule has 108 valence electrons. The molecule has 2 N–H and O–H groups in total. The fourth-order valence-corrected chi connectivity index (χ4v) is 1.91. The number of rotatable bonds is 5. The number of benzene rings is 2. The molecule has 0 saturated carbocycles. The smallest absolute Gasteiger partial charge is 0.311 e. The van der Waals surface area contributed by atoms with Gasteiger partial charge in [-0.05, 0) is 23.6 Å². The van der Waals surface area contributed by atoms with E-state index in [4.69, 9.17) is 10.5 Å². The Morgan fingerprint density at radius 2 is 1.57 bits per heavy atom. The lowest BCUT2D eigenvalue weighted by molar-refractivity contribution is -0.153. The molecule has 0 saturated heterocycles. The highest BCUT2D eigenvalue weighted by atomic mass is 16.5. The highest BCUT2D eigenvalue weighted by Crippen LogP contribution is 2.19. The highest BCUT2D eigenvalue weighted by Gasteiger charge is 2.14. The van der Waals surface area contributed by atoms with Crippen LogP contribution < -0.4 is 5.73 Å². The van der Waals surface area contributed by atoms with Crippen LogP contribution in [0, 0.1) is 0 Å². The molecular weight excluding hydrogens is 266 g/mol. The van der Waals surface area contributed by atoms with Crippen molar-refractivity contribution in [2.75, 3.05) is 0 Å². The summed E-state index contributed by atoms with van der Waals surface area (Å²) >= 11 is 0. The SMILES string of the molecule is C[C@H](OC(=O)Cc1ccc(-c2ccccc2)cc1)C(N)=O. The van der Waals surface area contributed by atoms with Crippen LogP contribution in [-0.2, 0) is 20.7 Å². The Hall–Kier alpha value is -2.62. The van der Waals surface area contributed by atoms with E-state index in [2.05, 4.69) is 0 Å². The van der Waals surface area contributed by atoms with Gasteiger partial charge in [-0.15, -0.1) is 0 Å². The summed E-state index contributed by atoms with van der Waals surface area (Å²) in [7, 11) is 0. The van der Waals surface area contributed by atoms with Gasteiger partial charge < -0.3 is 10.5 Å². The van der Waals surface area contributed by atoms with E-state index >= 15 is 0 Å². The first-order valence-corrected chi connectivity index (χ1v) is 6.69. The summed E-state index contributed by atoms with van der Waals surface area (Å²) in [5, 5.41) is 0. The van der Waals surface area contributed by atoms with Crippen LogP contribution in [0.25, 0.3) is 11.1 Å². The summed E-state index contributed by atoms with van der Waals surface area (Å²) in [5.74, 6) is -1.11. The number of carbonyl (C=O) groups excluding carboxylic acids is 2.